The molecule has 2 aromatic rings. The number of rotatable bonds is 3. The van der Waals surface area contributed by atoms with Gasteiger partial charge >= 0.3 is 0 Å². The zero-order valence-electron chi connectivity index (χ0n) is 15.3. The lowest BCUT2D eigenvalue weighted by Gasteiger charge is -2.34. The van der Waals surface area contributed by atoms with Crippen LogP contribution in [0.4, 0.5) is 4.39 Å². The molecule has 4 rings (SSSR count). The van der Waals surface area contributed by atoms with Gasteiger partial charge < -0.3 is 14.8 Å². The number of halogens is 5. The number of nitrogens with zero attached hydrogens (tertiary/aromatic N) is 2. The molecule has 4 nitrogen and oxygen atoms in total. The smallest absolute Gasteiger partial charge is 0.173 e. The minimum absolute atomic E-state index is 0. The SMILES string of the molecule is CC1=C(C(=O)[O-])C(c2ccccc2F)N2C=C(c3c(Cl)cccc3Cl)SC2=N1.Cl.Cl. The Hall–Kier alpha value is -1.70. The maximum absolute atomic E-state index is 14.6. The lowest BCUT2D eigenvalue weighted by Crippen LogP contribution is -2.38. The number of carbonyl (C=O) groups is 1. The second-order valence-electron chi connectivity index (χ2n) is 6.20. The first-order valence-corrected chi connectivity index (χ1v) is 9.83. The third-order valence-corrected chi connectivity index (χ3v) is 6.16. The zero-order valence-corrected chi connectivity index (χ0v) is 19.2. The number of hydrogen-bond acceptors (Lipinski definition) is 5. The Balaban J connectivity index is 0.00000160. The Morgan fingerprint density at radius 3 is 2.37 bits per heavy atom. The number of fused-ring (bicyclic) bond motifs is 1. The summed E-state index contributed by atoms with van der Waals surface area (Å²) >= 11 is 13.9. The van der Waals surface area contributed by atoms with Gasteiger partial charge in [-0.2, -0.15) is 0 Å². The molecule has 2 heterocycles. The molecule has 0 saturated heterocycles. The monoisotopic (exact) mass is 505 g/mol. The summed E-state index contributed by atoms with van der Waals surface area (Å²) in [4.78, 5) is 18.6. The molecule has 0 spiro atoms. The molecule has 0 bridgehead atoms. The van der Waals surface area contributed by atoms with Gasteiger partial charge in [-0.05, 0) is 36.9 Å². The Morgan fingerprint density at radius 2 is 1.77 bits per heavy atom. The number of amidine groups is 1. The summed E-state index contributed by atoms with van der Waals surface area (Å²) in [7, 11) is 0. The molecule has 0 saturated carbocycles. The molecule has 2 aliphatic heterocycles. The van der Waals surface area contributed by atoms with E-state index in [1.807, 2.05) is 0 Å². The van der Waals surface area contributed by atoms with Crippen molar-refractivity contribution < 1.29 is 14.3 Å². The standard InChI is InChI=1S/C20H13Cl2FN2O2S.2ClH/c1-10-16(19(26)27)18(11-5-2-3-8-14(11)23)25-9-15(28-20(25)24-10)17-12(21)6-4-7-13(17)22;;/h2-9,18H,1H3,(H,26,27);2*1H/p-1. The van der Waals surface area contributed by atoms with E-state index < -0.39 is 17.8 Å². The molecule has 2 aliphatic rings. The van der Waals surface area contributed by atoms with Crippen molar-refractivity contribution in [3.8, 4) is 0 Å². The minimum atomic E-state index is -1.39. The summed E-state index contributed by atoms with van der Waals surface area (Å²) in [5, 5.41) is 13.3. The molecule has 0 amide bonds. The minimum Gasteiger partial charge on any atom is -0.545 e. The highest BCUT2D eigenvalue weighted by Gasteiger charge is 2.38. The van der Waals surface area contributed by atoms with Crippen LogP contribution < -0.4 is 5.11 Å². The highest BCUT2D eigenvalue weighted by atomic mass is 35.5. The topological polar surface area (TPSA) is 55.7 Å². The number of allylic oxidation sites excluding steroid dienone is 1. The average Bonchev–Trinajstić information content (AvgIpc) is 3.03. The van der Waals surface area contributed by atoms with Crippen LogP contribution >= 0.6 is 59.8 Å². The molecule has 158 valence electrons. The first-order chi connectivity index (χ1) is 13.4. The molecule has 30 heavy (non-hydrogen) atoms. The van der Waals surface area contributed by atoms with E-state index in [1.165, 1.54) is 17.8 Å². The molecular formula is C20H14Cl4FN2O2S-. The lowest BCUT2D eigenvalue weighted by molar-refractivity contribution is -0.300. The van der Waals surface area contributed by atoms with Crippen LogP contribution in [0.5, 0.6) is 0 Å². The van der Waals surface area contributed by atoms with Crippen molar-refractivity contribution in [3.63, 3.8) is 0 Å². The number of benzene rings is 2. The van der Waals surface area contributed by atoms with Gasteiger partial charge in [0, 0.05) is 33.5 Å². The van der Waals surface area contributed by atoms with Gasteiger partial charge in [0.15, 0.2) is 5.17 Å². The number of aliphatic imine (C=N–C) groups is 1. The van der Waals surface area contributed by atoms with Gasteiger partial charge in [-0.3, -0.25) is 0 Å². The summed E-state index contributed by atoms with van der Waals surface area (Å²) in [6.45, 7) is 1.57. The predicted molar refractivity (Wildman–Crippen MR) is 123 cm³/mol. The number of carbonyl (C=O) groups excluding carboxylic acids is 1. The molecule has 1 unspecified atom stereocenters. The molecule has 0 aliphatic carbocycles. The van der Waals surface area contributed by atoms with E-state index in [-0.39, 0.29) is 41.6 Å². The van der Waals surface area contributed by atoms with Crippen LogP contribution in [0, 0.1) is 5.82 Å². The van der Waals surface area contributed by atoms with Gasteiger partial charge in [-0.25, -0.2) is 9.38 Å². The van der Waals surface area contributed by atoms with E-state index in [9.17, 15) is 14.3 Å². The van der Waals surface area contributed by atoms with Crippen LogP contribution in [-0.2, 0) is 4.79 Å². The molecule has 10 heteroatoms. The highest BCUT2D eigenvalue weighted by molar-refractivity contribution is 8.22. The van der Waals surface area contributed by atoms with Crippen molar-refractivity contribution in [2.45, 2.75) is 13.0 Å². The van der Waals surface area contributed by atoms with Gasteiger partial charge in [0.2, 0.25) is 0 Å². The van der Waals surface area contributed by atoms with Crippen LogP contribution in [0.15, 0.2) is 64.9 Å². The van der Waals surface area contributed by atoms with Crippen molar-refractivity contribution in [3.05, 3.63) is 86.9 Å². The third kappa shape index (κ3) is 4.20. The van der Waals surface area contributed by atoms with E-state index in [4.69, 9.17) is 23.2 Å². The maximum atomic E-state index is 14.6. The molecular weight excluding hydrogens is 493 g/mol. The summed E-state index contributed by atoms with van der Waals surface area (Å²) in [5.41, 5.74) is 1.02. The number of thioether (sulfide) groups is 1. The summed E-state index contributed by atoms with van der Waals surface area (Å²) in [6.07, 6.45) is 1.70. The van der Waals surface area contributed by atoms with Gasteiger partial charge in [0.1, 0.15) is 5.82 Å². The summed E-state index contributed by atoms with van der Waals surface area (Å²) < 4.78 is 14.6. The van der Waals surface area contributed by atoms with Crippen LogP contribution in [0.3, 0.4) is 0 Å². The van der Waals surface area contributed by atoms with Crippen molar-refractivity contribution in [1.82, 2.24) is 4.90 Å². The van der Waals surface area contributed by atoms with Crippen molar-refractivity contribution in [2.24, 2.45) is 4.99 Å². The lowest BCUT2D eigenvalue weighted by atomic mass is 9.94. The van der Waals surface area contributed by atoms with Crippen LogP contribution in [0.1, 0.15) is 24.1 Å². The van der Waals surface area contributed by atoms with E-state index in [1.54, 1.807) is 54.4 Å². The number of carboxylic acid groups (broad SMARTS) is 1. The van der Waals surface area contributed by atoms with E-state index in [0.29, 0.717) is 25.7 Å². The fourth-order valence-electron chi connectivity index (χ4n) is 3.28. The molecule has 0 radical (unpaired) electrons. The second-order valence-corrected chi connectivity index (χ2v) is 8.03. The molecule has 1 atom stereocenters. The Labute approximate surface area is 199 Å². The Bertz CT molecular complexity index is 1080. The maximum Gasteiger partial charge on any atom is 0.173 e. The van der Waals surface area contributed by atoms with Gasteiger partial charge in [-0.1, -0.05) is 47.5 Å². The van der Waals surface area contributed by atoms with Crippen LogP contribution in [-0.4, -0.2) is 16.0 Å². The van der Waals surface area contributed by atoms with Gasteiger partial charge in [-0.15, -0.1) is 24.8 Å². The number of hydrogen-bond donors (Lipinski definition) is 0. The summed E-state index contributed by atoms with van der Waals surface area (Å²) in [6, 6.07) is 10.3. The first kappa shape index (κ1) is 24.6. The van der Waals surface area contributed by atoms with Crippen molar-refractivity contribution in [1.29, 1.82) is 0 Å². The fraction of sp³-hybridized carbons (Fsp3) is 0.100. The number of carboxylic acids is 1. The second kappa shape index (κ2) is 9.62. The average molecular weight is 507 g/mol. The quantitative estimate of drug-likeness (QED) is 0.554. The number of aliphatic carboxylic acids is 1. The highest BCUT2D eigenvalue weighted by Crippen LogP contribution is 2.48. The summed E-state index contributed by atoms with van der Waals surface area (Å²) in [5.74, 6) is -1.90. The van der Waals surface area contributed by atoms with E-state index in [2.05, 4.69) is 4.99 Å². The largest absolute Gasteiger partial charge is 0.545 e. The Kier molecular flexibility index (Phi) is 7.88. The van der Waals surface area contributed by atoms with Gasteiger partial charge in [0.25, 0.3) is 0 Å². The third-order valence-electron chi connectivity index (χ3n) is 4.51. The Morgan fingerprint density at radius 1 is 1.13 bits per heavy atom. The normalized spacial score (nSPS) is 17.5. The predicted octanol–water partition coefficient (Wildman–Crippen LogP) is 5.46. The molecule has 0 fully saturated rings. The van der Waals surface area contributed by atoms with Crippen LogP contribution in [0.25, 0.3) is 4.91 Å². The molecule has 0 aromatic heterocycles. The van der Waals surface area contributed by atoms with Crippen LogP contribution in [0.2, 0.25) is 10.0 Å². The van der Waals surface area contributed by atoms with Gasteiger partial charge in [0.05, 0.1) is 22.1 Å². The molecule has 0 N–H and O–H groups in total. The first-order valence-electron chi connectivity index (χ1n) is 8.26. The molecule has 2 aromatic carbocycles. The van der Waals surface area contributed by atoms with Crippen molar-refractivity contribution >= 4 is 75.8 Å². The van der Waals surface area contributed by atoms with E-state index in [0.717, 1.165) is 0 Å². The van der Waals surface area contributed by atoms with Crippen molar-refractivity contribution in [2.75, 3.05) is 0 Å². The fourth-order valence-corrected chi connectivity index (χ4v) is 5.12. The van der Waals surface area contributed by atoms with E-state index >= 15 is 0 Å². The zero-order chi connectivity index (χ0) is 20.0.